The zero-order valence-electron chi connectivity index (χ0n) is 16.6. The van der Waals surface area contributed by atoms with Crippen LogP contribution < -0.4 is 9.88 Å². The number of hydrogen-bond acceptors (Lipinski definition) is 7. The summed E-state index contributed by atoms with van der Waals surface area (Å²) < 4.78 is 29.6. The van der Waals surface area contributed by atoms with E-state index in [1.54, 1.807) is 30.7 Å². The summed E-state index contributed by atoms with van der Waals surface area (Å²) in [5.74, 6) is 1.38. The molecule has 0 atom stereocenters. The Morgan fingerprint density at radius 3 is 2.10 bits per heavy atom. The van der Waals surface area contributed by atoms with Gasteiger partial charge in [0.05, 0.1) is 11.9 Å². The highest BCUT2D eigenvalue weighted by Crippen LogP contribution is 2.27. The molecule has 0 saturated carbocycles. The number of aromatic nitrogens is 4. The Balaban J connectivity index is 0.000000707. The number of primary sulfonamides is 1. The molecule has 1 aromatic carbocycles. The Labute approximate surface area is 174 Å². The molecule has 0 saturated heterocycles. The van der Waals surface area contributed by atoms with Gasteiger partial charge in [-0.2, -0.15) is 0 Å². The maximum absolute atomic E-state index is 11.3. The van der Waals surface area contributed by atoms with Crippen molar-refractivity contribution in [2.45, 2.75) is 32.0 Å². The Morgan fingerprint density at radius 1 is 0.966 bits per heavy atom. The number of hydrogen-bond donors (Lipinski definition) is 1. The first-order chi connectivity index (χ1) is 14.0. The van der Waals surface area contributed by atoms with Crippen LogP contribution in [-0.4, -0.2) is 28.0 Å². The van der Waals surface area contributed by atoms with Gasteiger partial charge in [0.1, 0.15) is 11.5 Å². The number of rotatable bonds is 4. The van der Waals surface area contributed by atoms with E-state index in [9.17, 15) is 8.42 Å². The largest absolute Gasteiger partial charge is 0.457 e. The fourth-order valence-electron chi connectivity index (χ4n) is 2.17. The molecule has 0 fully saturated rings. The molecule has 0 spiro atoms. The second-order valence-electron chi connectivity index (χ2n) is 5.08. The lowest BCUT2D eigenvalue weighted by Crippen LogP contribution is -2.12. The van der Waals surface area contributed by atoms with Gasteiger partial charge in [0.25, 0.3) is 10.0 Å². The van der Waals surface area contributed by atoms with E-state index in [1.165, 1.54) is 4.52 Å². The molecule has 0 radical (unpaired) electrons. The summed E-state index contributed by atoms with van der Waals surface area (Å²) in [4.78, 5) is 8.77. The van der Waals surface area contributed by atoms with Crippen LogP contribution >= 0.6 is 11.3 Å². The summed E-state index contributed by atoms with van der Waals surface area (Å²) in [5.41, 5.74) is 1.53. The summed E-state index contributed by atoms with van der Waals surface area (Å²) in [5, 5.41) is 9.00. The minimum atomic E-state index is -3.82. The predicted molar refractivity (Wildman–Crippen MR) is 115 cm³/mol. The van der Waals surface area contributed by atoms with Gasteiger partial charge in [0.15, 0.2) is 0 Å². The highest BCUT2D eigenvalue weighted by Gasteiger charge is 2.17. The SMILES string of the molecule is CC.CC.NS(=O)(=O)c1nn2cc(-c3ccc(Oc4ccncc4)cc3)nc2s1. The molecule has 10 heteroatoms. The second kappa shape index (κ2) is 10.1. The predicted octanol–water partition coefficient (Wildman–Crippen LogP) is 4.34. The van der Waals surface area contributed by atoms with Gasteiger partial charge in [-0.1, -0.05) is 39.0 Å². The van der Waals surface area contributed by atoms with E-state index in [1.807, 2.05) is 52.0 Å². The standard InChI is InChI=1S/C15H11N5O3S2.2C2H6/c16-25(21,22)15-19-20-9-13(18-14(20)24-15)10-1-3-11(4-2-10)23-12-5-7-17-8-6-12;2*1-2/h1-9H,(H2,16,21,22);2*1-2H3. The van der Waals surface area contributed by atoms with Gasteiger partial charge in [-0.15, -0.1) is 5.10 Å². The number of nitrogens with zero attached hydrogens (tertiary/aromatic N) is 4. The van der Waals surface area contributed by atoms with Crippen LogP contribution in [0, 0.1) is 0 Å². The minimum Gasteiger partial charge on any atom is -0.457 e. The Bertz CT molecular complexity index is 1110. The Morgan fingerprint density at radius 2 is 1.55 bits per heavy atom. The molecule has 3 heterocycles. The van der Waals surface area contributed by atoms with Crippen molar-refractivity contribution in [2.75, 3.05) is 0 Å². The number of imidazole rings is 1. The van der Waals surface area contributed by atoms with Gasteiger partial charge in [-0.05, 0) is 36.4 Å². The molecular formula is C19H23N5O3S2. The van der Waals surface area contributed by atoms with E-state index in [0.717, 1.165) is 16.9 Å². The molecule has 0 bridgehead atoms. The van der Waals surface area contributed by atoms with Crippen LogP contribution in [-0.2, 0) is 10.0 Å². The lowest BCUT2D eigenvalue weighted by atomic mass is 10.2. The molecule has 0 aliphatic carbocycles. The van der Waals surface area contributed by atoms with Crippen LogP contribution in [0.5, 0.6) is 11.5 Å². The van der Waals surface area contributed by atoms with Gasteiger partial charge in [0, 0.05) is 18.0 Å². The molecule has 4 aromatic rings. The zero-order valence-corrected chi connectivity index (χ0v) is 18.2. The highest BCUT2D eigenvalue weighted by molar-refractivity contribution is 7.91. The minimum absolute atomic E-state index is 0.164. The molecule has 154 valence electrons. The quantitative estimate of drug-likeness (QED) is 0.512. The first kappa shape index (κ1) is 22.5. The van der Waals surface area contributed by atoms with Crippen molar-refractivity contribution >= 4 is 26.3 Å². The molecule has 0 amide bonds. The smallest absolute Gasteiger partial charge is 0.267 e. The van der Waals surface area contributed by atoms with Crippen LogP contribution in [0.3, 0.4) is 0 Å². The molecule has 4 rings (SSSR count). The third kappa shape index (κ3) is 5.59. The fraction of sp³-hybridized carbons (Fsp3) is 0.211. The van der Waals surface area contributed by atoms with Crippen LogP contribution in [0.2, 0.25) is 0 Å². The Kier molecular flexibility index (Phi) is 7.82. The summed E-state index contributed by atoms with van der Waals surface area (Å²) in [6.45, 7) is 8.00. The second-order valence-corrected chi connectivity index (χ2v) is 7.77. The van der Waals surface area contributed by atoms with E-state index in [0.29, 0.717) is 22.2 Å². The van der Waals surface area contributed by atoms with Crippen molar-refractivity contribution in [1.29, 1.82) is 0 Å². The van der Waals surface area contributed by atoms with Crippen molar-refractivity contribution < 1.29 is 13.2 Å². The third-order valence-electron chi connectivity index (χ3n) is 3.30. The highest BCUT2D eigenvalue weighted by atomic mass is 32.2. The maximum atomic E-state index is 11.3. The molecule has 29 heavy (non-hydrogen) atoms. The van der Waals surface area contributed by atoms with Gasteiger partial charge >= 0.3 is 0 Å². The fourth-order valence-corrected chi connectivity index (χ4v) is 3.68. The van der Waals surface area contributed by atoms with Crippen LogP contribution in [0.1, 0.15) is 27.7 Å². The zero-order chi connectivity index (χ0) is 21.4. The Hall–Kier alpha value is -2.82. The van der Waals surface area contributed by atoms with Gasteiger partial charge in [0.2, 0.25) is 9.30 Å². The van der Waals surface area contributed by atoms with Crippen molar-refractivity contribution in [3.8, 4) is 22.8 Å². The van der Waals surface area contributed by atoms with Crippen molar-refractivity contribution in [1.82, 2.24) is 19.6 Å². The molecule has 8 nitrogen and oxygen atoms in total. The van der Waals surface area contributed by atoms with E-state index in [-0.39, 0.29) is 4.34 Å². The van der Waals surface area contributed by atoms with Crippen molar-refractivity contribution in [3.05, 3.63) is 55.0 Å². The average molecular weight is 434 g/mol. The first-order valence-corrected chi connectivity index (χ1v) is 11.4. The van der Waals surface area contributed by atoms with Gasteiger partial charge in [-0.3, -0.25) is 4.98 Å². The van der Waals surface area contributed by atoms with Crippen LogP contribution in [0.15, 0.2) is 59.3 Å². The third-order valence-corrected chi connectivity index (χ3v) is 5.54. The average Bonchev–Trinajstić information content (AvgIpc) is 3.32. The maximum Gasteiger partial charge on any atom is 0.267 e. The normalized spacial score (nSPS) is 10.5. The molecule has 0 unspecified atom stereocenters. The van der Waals surface area contributed by atoms with E-state index >= 15 is 0 Å². The first-order valence-electron chi connectivity index (χ1n) is 9.06. The number of sulfonamides is 1. The number of benzene rings is 1. The summed E-state index contributed by atoms with van der Waals surface area (Å²) >= 11 is 0.922. The summed E-state index contributed by atoms with van der Waals surface area (Å²) in [6, 6.07) is 10.9. The van der Waals surface area contributed by atoms with Crippen molar-refractivity contribution in [2.24, 2.45) is 5.14 Å². The van der Waals surface area contributed by atoms with Gasteiger partial charge in [-0.25, -0.2) is 23.1 Å². The molecule has 0 aliphatic rings. The molecule has 0 aliphatic heterocycles. The van der Waals surface area contributed by atoms with E-state index in [2.05, 4.69) is 15.1 Å². The van der Waals surface area contributed by atoms with Gasteiger partial charge < -0.3 is 4.74 Å². The van der Waals surface area contributed by atoms with Crippen LogP contribution in [0.25, 0.3) is 16.2 Å². The monoisotopic (exact) mass is 433 g/mol. The molecule has 3 aromatic heterocycles. The molecular weight excluding hydrogens is 410 g/mol. The topological polar surface area (TPSA) is 112 Å². The number of pyridine rings is 1. The molecule has 2 N–H and O–H groups in total. The number of ether oxygens (including phenoxy) is 1. The summed E-state index contributed by atoms with van der Waals surface area (Å²) in [6.07, 6.45) is 4.97. The van der Waals surface area contributed by atoms with E-state index in [4.69, 9.17) is 9.88 Å². The lowest BCUT2D eigenvalue weighted by Gasteiger charge is -2.05. The van der Waals surface area contributed by atoms with Crippen molar-refractivity contribution in [3.63, 3.8) is 0 Å². The van der Waals surface area contributed by atoms with E-state index < -0.39 is 10.0 Å². The summed E-state index contributed by atoms with van der Waals surface area (Å²) in [7, 11) is -3.82. The lowest BCUT2D eigenvalue weighted by molar-refractivity contribution is 0.482. The number of nitrogens with two attached hydrogens (primary N) is 1. The number of fused-ring (bicyclic) bond motifs is 1. The van der Waals surface area contributed by atoms with Crippen LogP contribution in [0.4, 0.5) is 0 Å².